The van der Waals surface area contributed by atoms with E-state index in [1.54, 1.807) is 0 Å². The molecule has 0 aliphatic heterocycles. The number of alkyl halides is 1. The first-order valence-electron chi connectivity index (χ1n) is 5.95. The topological polar surface area (TPSA) is 0 Å². The summed E-state index contributed by atoms with van der Waals surface area (Å²) in [6, 6.07) is 0. The van der Waals surface area contributed by atoms with E-state index in [9.17, 15) is 4.39 Å². The average Bonchev–Trinajstić information content (AvgIpc) is 2.19. The molecule has 0 nitrogen and oxygen atoms in total. The summed E-state index contributed by atoms with van der Waals surface area (Å²) in [7, 11) is 0. The third kappa shape index (κ3) is 4.36. The van der Waals surface area contributed by atoms with Crippen LogP contribution in [-0.4, -0.2) is 23.9 Å². The molecule has 0 atom stereocenters. The first-order valence-corrected chi connectivity index (χ1v) is 10.7. The first kappa shape index (κ1) is 13.2. The lowest BCUT2D eigenvalue weighted by Gasteiger charge is -2.33. The Morgan fingerprint density at radius 2 is 2.00 bits per heavy atom. The lowest BCUT2D eigenvalue weighted by molar-refractivity contribution is 0.0933. The van der Waals surface area contributed by atoms with E-state index in [0.717, 1.165) is 42.6 Å². The number of hydrogen-bond acceptors (Lipinski definition) is 0. The van der Waals surface area contributed by atoms with Gasteiger partial charge in [-0.2, -0.15) is 0 Å². The van der Waals surface area contributed by atoms with Crippen molar-refractivity contribution < 1.29 is 4.39 Å². The summed E-state index contributed by atoms with van der Waals surface area (Å²) in [5.74, 6) is 0. The first-order chi connectivity index (χ1) is 6.70. The van der Waals surface area contributed by atoms with Crippen LogP contribution < -0.4 is 0 Å². The summed E-state index contributed by atoms with van der Waals surface area (Å²) in [5, 5.41) is 0. The van der Waals surface area contributed by atoms with E-state index < -0.39 is 5.67 Å². The second kappa shape index (κ2) is 6.69. The summed E-state index contributed by atoms with van der Waals surface area (Å²) in [5.41, 5.74) is -0.789. The molecule has 0 bridgehead atoms. The zero-order valence-corrected chi connectivity index (χ0v) is 12.2. The van der Waals surface area contributed by atoms with Crippen LogP contribution in [0.2, 0.25) is 4.05 Å². The molecule has 1 saturated carbocycles. The Bertz CT molecular complexity index is 150. The highest BCUT2D eigenvalue weighted by molar-refractivity contribution is 9.23. The van der Waals surface area contributed by atoms with Crippen molar-refractivity contribution in [2.75, 3.05) is 0 Å². The maximum absolute atomic E-state index is 14.2. The van der Waals surface area contributed by atoms with Gasteiger partial charge in [-0.25, -0.2) is 4.39 Å². The summed E-state index contributed by atoms with van der Waals surface area (Å²) in [6.45, 7) is 2.18. The molecule has 1 aliphatic rings. The molecule has 0 aromatic heterocycles. The van der Waals surface area contributed by atoms with Crippen molar-refractivity contribution in [1.29, 1.82) is 0 Å². The summed E-state index contributed by atoms with van der Waals surface area (Å²) < 4.78 is 15.1. The molecule has 0 radical (unpaired) electrons. The molecule has 0 aromatic carbocycles. The normalized spacial score (nSPS) is 32.6. The summed E-state index contributed by atoms with van der Waals surface area (Å²) >= 11 is 3.57. The van der Waals surface area contributed by atoms with Gasteiger partial charge in [0.05, 0.1) is 0 Å². The van der Waals surface area contributed by atoms with E-state index in [4.69, 9.17) is 0 Å². The standard InChI is InChI=1S/C11H20F.BrH.Mg/c1-2-3-5-8-11(12)9-6-4-7-10-11;;/h4H,2-3,5-10H2,1H3;1H;/q;;+1/p-1. The van der Waals surface area contributed by atoms with Crippen LogP contribution in [0, 0.1) is 0 Å². The lowest BCUT2D eigenvalue weighted by atomic mass is 9.82. The molecule has 1 rings (SSSR count). The second-order valence-corrected chi connectivity index (χ2v) is 8.11. The molecule has 1 aliphatic carbocycles. The van der Waals surface area contributed by atoms with Crippen LogP contribution in [0.1, 0.15) is 58.3 Å². The van der Waals surface area contributed by atoms with Crippen LogP contribution in [0.3, 0.4) is 0 Å². The molecule has 3 heteroatoms. The Morgan fingerprint density at radius 3 is 2.50 bits per heavy atom. The Kier molecular flexibility index (Phi) is 6.33. The minimum atomic E-state index is -0.789. The molecule has 1 fully saturated rings. The predicted molar refractivity (Wildman–Crippen MR) is 64.9 cm³/mol. The highest BCUT2D eigenvalue weighted by Crippen LogP contribution is 2.41. The van der Waals surface area contributed by atoms with E-state index >= 15 is 0 Å². The van der Waals surface area contributed by atoms with Gasteiger partial charge in [0.25, 0.3) is 0 Å². The zero-order chi connectivity index (χ0) is 10.4. The lowest BCUT2D eigenvalue weighted by Crippen LogP contribution is -2.28. The van der Waals surface area contributed by atoms with Crippen molar-refractivity contribution in [2.45, 2.75) is 68.0 Å². The number of rotatable bonds is 5. The molecule has 0 amide bonds. The fourth-order valence-electron chi connectivity index (χ4n) is 2.29. The highest BCUT2D eigenvalue weighted by atomic mass is 79.9. The molecule has 0 aromatic rings. The monoisotopic (exact) mass is 274 g/mol. The minimum absolute atomic E-state index is 0.0581. The summed E-state index contributed by atoms with van der Waals surface area (Å²) in [6.07, 6.45) is 8.25. The van der Waals surface area contributed by atoms with Crippen LogP contribution in [-0.2, 0) is 0 Å². The molecule has 0 heterocycles. The molecule has 0 N–H and O–H groups in total. The van der Waals surface area contributed by atoms with Gasteiger partial charge in [0.2, 0.25) is 0 Å². The van der Waals surface area contributed by atoms with Crippen LogP contribution in [0.15, 0.2) is 0 Å². The Morgan fingerprint density at radius 1 is 1.36 bits per heavy atom. The van der Waals surface area contributed by atoms with Gasteiger partial charge in [0, 0.05) is 0 Å². The van der Waals surface area contributed by atoms with Crippen LogP contribution in [0.5, 0.6) is 0 Å². The maximum atomic E-state index is 14.2. The number of hydrogen-bond donors (Lipinski definition) is 0. The molecule has 80 valence electrons. The van der Waals surface area contributed by atoms with Gasteiger partial charge in [-0.05, 0) is 19.3 Å². The highest BCUT2D eigenvalue weighted by Gasteiger charge is 2.34. The number of halogens is 2. The van der Waals surface area contributed by atoms with Crippen LogP contribution in [0.4, 0.5) is 4.39 Å². The van der Waals surface area contributed by atoms with E-state index in [1.807, 2.05) is 0 Å². The van der Waals surface area contributed by atoms with Gasteiger partial charge in [-0.15, -0.1) is 4.05 Å². The van der Waals surface area contributed by atoms with Crippen molar-refractivity contribution in [3.8, 4) is 0 Å². The maximum Gasteiger partial charge on any atom is 0.471 e. The third-order valence-electron chi connectivity index (χ3n) is 3.45. The zero-order valence-electron chi connectivity index (χ0n) is 9.20. The molecule has 0 unspecified atom stereocenters. The Balaban J connectivity index is 2.23. The minimum Gasteiger partial charge on any atom is -0.306 e. The molecule has 14 heavy (non-hydrogen) atoms. The van der Waals surface area contributed by atoms with Gasteiger partial charge in [-0.3, -0.25) is 0 Å². The van der Waals surface area contributed by atoms with E-state index in [-0.39, 0.29) is 18.2 Å². The van der Waals surface area contributed by atoms with Crippen molar-refractivity contribution in [3.63, 3.8) is 0 Å². The van der Waals surface area contributed by atoms with Crippen molar-refractivity contribution >= 4 is 31.1 Å². The quantitative estimate of drug-likeness (QED) is 0.506. The van der Waals surface area contributed by atoms with E-state index in [0.29, 0.717) is 0 Å². The van der Waals surface area contributed by atoms with Crippen LogP contribution in [0.25, 0.3) is 0 Å². The second-order valence-electron chi connectivity index (χ2n) is 4.71. The van der Waals surface area contributed by atoms with Gasteiger partial charge >= 0.3 is 18.2 Å². The Hall–Kier alpha value is 1.18. The van der Waals surface area contributed by atoms with Crippen molar-refractivity contribution in [2.24, 2.45) is 0 Å². The smallest absolute Gasteiger partial charge is 0.306 e. The van der Waals surface area contributed by atoms with Gasteiger partial charge in [-0.1, -0.05) is 39.0 Å². The van der Waals surface area contributed by atoms with Gasteiger partial charge in [0.1, 0.15) is 5.67 Å². The molecular weight excluding hydrogens is 255 g/mol. The molecule has 0 saturated heterocycles. The van der Waals surface area contributed by atoms with Crippen molar-refractivity contribution in [3.05, 3.63) is 0 Å². The van der Waals surface area contributed by atoms with Gasteiger partial charge < -0.3 is 12.9 Å². The van der Waals surface area contributed by atoms with E-state index in [1.165, 1.54) is 12.8 Å². The SMILES string of the molecule is CCCCCC1(F)CC[CH]([Mg][Br])CC1. The molecule has 0 spiro atoms. The van der Waals surface area contributed by atoms with E-state index in [2.05, 4.69) is 19.8 Å². The van der Waals surface area contributed by atoms with Crippen LogP contribution >= 0.6 is 12.9 Å². The largest absolute Gasteiger partial charge is 0.471 e. The average molecular weight is 275 g/mol. The third-order valence-corrected chi connectivity index (χ3v) is 7.45. The Labute approximate surface area is 103 Å². The number of unbranched alkanes of at least 4 members (excludes halogenated alkanes) is 2. The summed E-state index contributed by atoms with van der Waals surface area (Å²) in [4.78, 5) is 0. The predicted octanol–water partition coefficient (Wildman–Crippen LogP) is 4.65. The molecular formula is C11H20BrFMg. The fraction of sp³-hybridized carbons (Fsp3) is 1.00. The van der Waals surface area contributed by atoms with Gasteiger partial charge in [0.15, 0.2) is 0 Å². The van der Waals surface area contributed by atoms with Crippen molar-refractivity contribution in [1.82, 2.24) is 0 Å². The fourth-order valence-corrected chi connectivity index (χ4v) is 4.95.